The molecule has 2 heterocycles. The Hall–Kier alpha value is -3.08. The summed E-state index contributed by atoms with van der Waals surface area (Å²) in [5.74, 6) is 1.59. The monoisotopic (exact) mass is 400 g/mol. The second-order valence-electron chi connectivity index (χ2n) is 5.71. The van der Waals surface area contributed by atoms with Crippen molar-refractivity contribution in [3.8, 4) is 17.4 Å². The van der Waals surface area contributed by atoms with E-state index in [4.69, 9.17) is 33.4 Å². The fraction of sp³-hybridized carbons (Fsp3) is 0.111. The van der Waals surface area contributed by atoms with Crippen LogP contribution in [-0.4, -0.2) is 29.0 Å². The normalized spacial score (nSPS) is 11.3. The van der Waals surface area contributed by atoms with Crippen molar-refractivity contribution < 1.29 is 4.42 Å². The summed E-state index contributed by atoms with van der Waals surface area (Å²) in [7, 11) is 3.54. The molecule has 0 amide bonds. The van der Waals surface area contributed by atoms with E-state index in [1.54, 1.807) is 49.3 Å². The van der Waals surface area contributed by atoms with Crippen LogP contribution >= 0.6 is 23.2 Å². The number of furan rings is 1. The number of halogens is 2. The lowest BCUT2D eigenvalue weighted by atomic mass is 10.2. The zero-order valence-electron chi connectivity index (χ0n) is 14.4. The van der Waals surface area contributed by atoms with Crippen LogP contribution in [0.15, 0.2) is 34.7 Å². The van der Waals surface area contributed by atoms with Gasteiger partial charge in [-0.25, -0.2) is 0 Å². The summed E-state index contributed by atoms with van der Waals surface area (Å²) >= 11 is 12.0. The van der Waals surface area contributed by atoms with E-state index in [1.807, 2.05) is 0 Å². The Morgan fingerprint density at radius 1 is 1.15 bits per heavy atom. The molecular formula is C18H14Cl2N6O. The largest absolute Gasteiger partial charge is 0.457 e. The van der Waals surface area contributed by atoms with Crippen molar-refractivity contribution in [2.45, 2.75) is 0 Å². The van der Waals surface area contributed by atoms with E-state index in [0.717, 1.165) is 5.56 Å². The Morgan fingerprint density at radius 2 is 1.93 bits per heavy atom. The second kappa shape index (κ2) is 7.66. The number of hydrogen-bond acceptors (Lipinski definition) is 7. The highest BCUT2D eigenvalue weighted by Crippen LogP contribution is 2.30. The van der Waals surface area contributed by atoms with Gasteiger partial charge in [0.05, 0.1) is 10.0 Å². The number of allylic oxidation sites excluding steroid dienone is 1. The van der Waals surface area contributed by atoms with Crippen LogP contribution in [0.25, 0.3) is 23.0 Å². The molecule has 2 aromatic heterocycles. The Balaban J connectivity index is 1.97. The molecule has 0 aliphatic carbocycles. The predicted molar refractivity (Wildman–Crippen MR) is 106 cm³/mol. The predicted octanol–water partition coefficient (Wildman–Crippen LogP) is 4.15. The van der Waals surface area contributed by atoms with E-state index in [9.17, 15) is 5.26 Å². The van der Waals surface area contributed by atoms with E-state index >= 15 is 0 Å². The van der Waals surface area contributed by atoms with Gasteiger partial charge >= 0.3 is 0 Å². The minimum Gasteiger partial charge on any atom is -0.457 e. The summed E-state index contributed by atoms with van der Waals surface area (Å²) in [5.41, 5.74) is 6.68. The minimum atomic E-state index is 0.0285. The van der Waals surface area contributed by atoms with Gasteiger partial charge < -0.3 is 15.1 Å². The molecule has 0 fully saturated rings. The summed E-state index contributed by atoms with van der Waals surface area (Å²) in [5, 5.41) is 10.4. The molecule has 0 radical (unpaired) electrons. The molecule has 3 aromatic rings. The number of nitrogens with zero attached hydrogens (tertiary/aromatic N) is 5. The Kier molecular flexibility index (Phi) is 5.31. The average Bonchev–Trinajstić information content (AvgIpc) is 3.10. The number of rotatable bonds is 4. The van der Waals surface area contributed by atoms with Crippen molar-refractivity contribution in [3.63, 3.8) is 0 Å². The van der Waals surface area contributed by atoms with E-state index < -0.39 is 0 Å². The van der Waals surface area contributed by atoms with Crippen LogP contribution in [-0.2, 0) is 0 Å². The highest BCUT2D eigenvalue weighted by molar-refractivity contribution is 6.42. The van der Waals surface area contributed by atoms with Crippen molar-refractivity contribution in [2.24, 2.45) is 0 Å². The summed E-state index contributed by atoms with van der Waals surface area (Å²) in [6.45, 7) is 0. The van der Waals surface area contributed by atoms with Crippen molar-refractivity contribution in [1.82, 2.24) is 15.0 Å². The lowest BCUT2D eigenvalue weighted by Crippen LogP contribution is -2.15. The molecule has 0 atom stereocenters. The molecule has 2 N–H and O–H groups in total. The van der Waals surface area contributed by atoms with Crippen molar-refractivity contribution >= 4 is 46.7 Å². The maximum atomic E-state index is 9.51. The number of nitriles is 1. The molecule has 27 heavy (non-hydrogen) atoms. The molecule has 9 heteroatoms. The van der Waals surface area contributed by atoms with Gasteiger partial charge in [0.25, 0.3) is 0 Å². The molecule has 0 spiro atoms. The molecule has 136 valence electrons. The van der Waals surface area contributed by atoms with Gasteiger partial charge in [0.15, 0.2) is 5.82 Å². The second-order valence-corrected chi connectivity index (χ2v) is 6.53. The molecule has 0 bridgehead atoms. The van der Waals surface area contributed by atoms with Gasteiger partial charge in [-0.15, -0.1) is 0 Å². The molecule has 1 aromatic carbocycles. The molecule has 0 saturated carbocycles. The fourth-order valence-corrected chi connectivity index (χ4v) is 2.52. The zero-order chi connectivity index (χ0) is 19.6. The van der Waals surface area contributed by atoms with Crippen LogP contribution in [0, 0.1) is 11.3 Å². The first-order chi connectivity index (χ1) is 12.9. The first kappa shape index (κ1) is 18.7. The quantitative estimate of drug-likeness (QED) is 0.655. The van der Waals surface area contributed by atoms with Gasteiger partial charge in [-0.1, -0.05) is 23.2 Å². The minimum absolute atomic E-state index is 0.0285. The number of hydrogen-bond donors (Lipinski definition) is 1. The third-order valence-corrected chi connectivity index (χ3v) is 4.26. The molecule has 0 saturated heterocycles. The average molecular weight is 401 g/mol. The summed E-state index contributed by atoms with van der Waals surface area (Å²) < 4.78 is 5.78. The number of anilines is 2. The molecule has 0 unspecified atom stereocenters. The first-order valence-electron chi connectivity index (χ1n) is 7.73. The Morgan fingerprint density at radius 3 is 2.59 bits per heavy atom. The van der Waals surface area contributed by atoms with Gasteiger partial charge in [0, 0.05) is 25.7 Å². The number of nitrogen functional groups attached to an aromatic ring is 1. The zero-order valence-corrected chi connectivity index (χ0v) is 16.0. The van der Waals surface area contributed by atoms with Crippen LogP contribution in [0.2, 0.25) is 10.0 Å². The maximum absolute atomic E-state index is 9.51. The third kappa shape index (κ3) is 4.19. The van der Waals surface area contributed by atoms with E-state index in [1.165, 1.54) is 6.08 Å². The Labute approximate surface area is 165 Å². The van der Waals surface area contributed by atoms with Gasteiger partial charge in [-0.3, -0.25) is 0 Å². The van der Waals surface area contributed by atoms with Crippen LogP contribution in [0.5, 0.6) is 0 Å². The fourth-order valence-electron chi connectivity index (χ4n) is 2.23. The molecule has 7 nitrogen and oxygen atoms in total. The number of benzene rings is 1. The van der Waals surface area contributed by atoms with Crippen molar-refractivity contribution in [1.29, 1.82) is 5.26 Å². The van der Waals surface area contributed by atoms with Gasteiger partial charge in [-0.2, -0.15) is 20.2 Å². The van der Waals surface area contributed by atoms with Crippen molar-refractivity contribution in [2.75, 3.05) is 24.7 Å². The van der Waals surface area contributed by atoms with Crippen LogP contribution in [0.3, 0.4) is 0 Å². The number of aromatic nitrogens is 3. The van der Waals surface area contributed by atoms with Gasteiger partial charge in [-0.05, 0) is 30.3 Å². The lowest BCUT2D eigenvalue weighted by molar-refractivity contribution is 0.572. The SMILES string of the molecule is CN(C)c1nc(N)nc(/C(C#N)=C/c2ccc(-c3ccc(Cl)c(Cl)c3)o2)n1. The van der Waals surface area contributed by atoms with E-state index in [-0.39, 0.29) is 17.3 Å². The summed E-state index contributed by atoms with van der Waals surface area (Å²) in [4.78, 5) is 14.0. The van der Waals surface area contributed by atoms with Crippen LogP contribution in [0.4, 0.5) is 11.9 Å². The molecule has 0 aliphatic rings. The van der Waals surface area contributed by atoms with Crippen LogP contribution in [0.1, 0.15) is 11.6 Å². The lowest BCUT2D eigenvalue weighted by Gasteiger charge is -2.10. The van der Waals surface area contributed by atoms with E-state index in [2.05, 4.69) is 21.0 Å². The topological polar surface area (TPSA) is 105 Å². The highest BCUT2D eigenvalue weighted by atomic mass is 35.5. The third-order valence-electron chi connectivity index (χ3n) is 3.52. The highest BCUT2D eigenvalue weighted by Gasteiger charge is 2.12. The molecule has 3 rings (SSSR count). The van der Waals surface area contributed by atoms with Crippen LogP contribution < -0.4 is 10.6 Å². The Bertz CT molecular complexity index is 1070. The summed E-state index contributed by atoms with van der Waals surface area (Å²) in [6.07, 6.45) is 1.54. The standard InChI is InChI=1S/C18H14Cl2N6O/c1-26(2)18-24-16(23-17(22)25-18)11(9-21)7-12-4-6-15(27-12)10-3-5-13(19)14(20)8-10/h3-8H,1-2H3,(H2,22,23,24,25)/b11-7+. The van der Waals surface area contributed by atoms with Gasteiger partial charge in [0.2, 0.25) is 11.9 Å². The smallest absolute Gasteiger partial charge is 0.230 e. The van der Waals surface area contributed by atoms with E-state index in [0.29, 0.717) is 27.5 Å². The summed E-state index contributed by atoms with van der Waals surface area (Å²) in [6, 6.07) is 10.7. The van der Waals surface area contributed by atoms with Gasteiger partial charge in [0.1, 0.15) is 23.2 Å². The number of nitrogens with two attached hydrogens (primary N) is 1. The molecular weight excluding hydrogens is 387 g/mol. The molecule has 0 aliphatic heterocycles. The maximum Gasteiger partial charge on any atom is 0.230 e. The van der Waals surface area contributed by atoms with Crippen molar-refractivity contribution in [3.05, 3.63) is 52.0 Å². The first-order valence-corrected chi connectivity index (χ1v) is 8.49.